The minimum Gasteiger partial charge on any atom is -0.497 e. The van der Waals surface area contributed by atoms with Gasteiger partial charge in [-0.25, -0.2) is 0 Å². The lowest BCUT2D eigenvalue weighted by Gasteiger charge is -2.13. The van der Waals surface area contributed by atoms with E-state index in [1.807, 2.05) is 42.5 Å². The fourth-order valence-corrected chi connectivity index (χ4v) is 2.07. The maximum atomic E-state index is 9.90. The standard InChI is InChI=1S/C18H23NO3/c1-21-17-7-9-18(10-8-17)22-14-16(20)13-19-12-11-15-5-3-2-4-6-15/h2-10,16,19-20H,11-14H2,1H3. The Labute approximate surface area is 131 Å². The highest BCUT2D eigenvalue weighted by molar-refractivity contribution is 5.31. The molecule has 0 spiro atoms. The molecule has 2 N–H and O–H groups in total. The predicted octanol–water partition coefficient (Wildman–Crippen LogP) is 2.27. The summed E-state index contributed by atoms with van der Waals surface area (Å²) in [6.45, 7) is 1.62. The van der Waals surface area contributed by atoms with Crippen molar-refractivity contribution >= 4 is 0 Å². The van der Waals surface area contributed by atoms with Crippen molar-refractivity contribution in [3.63, 3.8) is 0 Å². The number of aliphatic hydroxyl groups is 1. The van der Waals surface area contributed by atoms with E-state index in [1.165, 1.54) is 5.56 Å². The molecule has 0 saturated carbocycles. The molecule has 2 aromatic carbocycles. The molecular weight excluding hydrogens is 278 g/mol. The molecule has 0 fully saturated rings. The van der Waals surface area contributed by atoms with Crippen LogP contribution in [0.1, 0.15) is 5.56 Å². The van der Waals surface area contributed by atoms with Crippen LogP contribution in [0.2, 0.25) is 0 Å². The number of rotatable bonds is 9. The van der Waals surface area contributed by atoms with E-state index in [0.29, 0.717) is 6.54 Å². The van der Waals surface area contributed by atoms with Crippen molar-refractivity contribution < 1.29 is 14.6 Å². The first-order valence-electron chi connectivity index (χ1n) is 7.47. The monoisotopic (exact) mass is 301 g/mol. The van der Waals surface area contributed by atoms with E-state index in [9.17, 15) is 5.11 Å². The molecular formula is C18H23NO3. The van der Waals surface area contributed by atoms with Crippen LogP contribution < -0.4 is 14.8 Å². The van der Waals surface area contributed by atoms with Crippen molar-refractivity contribution in [1.29, 1.82) is 0 Å². The number of hydrogen-bond donors (Lipinski definition) is 2. The third-order valence-electron chi connectivity index (χ3n) is 3.32. The lowest BCUT2D eigenvalue weighted by atomic mass is 10.1. The van der Waals surface area contributed by atoms with Crippen LogP contribution in [-0.2, 0) is 6.42 Å². The average molecular weight is 301 g/mol. The summed E-state index contributed by atoms with van der Waals surface area (Å²) in [5, 5.41) is 13.1. The van der Waals surface area contributed by atoms with Crippen LogP contribution in [0.15, 0.2) is 54.6 Å². The van der Waals surface area contributed by atoms with Crippen molar-refractivity contribution in [2.45, 2.75) is 12.5 Å². The highest BCUT2D eigenvalue weighted by atomic mass is 16.5. The smallest absolute Gasteiger partial charge is 0.119 e. The fourth-order valence-electron chi connectivity index (χ4n) is 2.07. The topological polar surface area (TPSA) is 50.7 Å². The van der Waals surface area contributed by atoms with Gasteiger partial charge in [-0.15, -0.1) is 0 Å². The van der Waals surface area contributed by atoms with Crippen molar-refractivity contribution in [2.24, 2.45) is 0 Å². The van der Waals surface area contributed by atoms with E-state index < -0.39 is 6.10 Å². The number of aliphatic hydroxyl groups excluding tert-OH is 1. The molecule has 1 atom stereocenters. The van der Waals surface area contributed by atoms with E-state index >= 15 is 0 Å². The molecule has 2 aromatic rings. The van der Waals surface area contributed by atoms with Gasteiger partial charge in [0.15, 0.2) is 0 Å². The van der Waals surface area contributed by atoms with E-state index in [4.69, 9.17) is 9.47 Å². The molecule has 0 aromatic heterocycles. The zero-order chi connectivity index (χ0) is 15.6. The number of nitrogens with one attached hydrogen (secondary N) is 1. The van der Waals surface area contributed by atoms with Gasteiger partial charge in [0.25, 0.3) is 0 Å². The van der Waals surface area contributed by atoms with Crippen LogP contribution in [0.25, 0.3) is 0 Å². The van der Waals surface area contributed by atoms with Gasteiger partial charge >= 0.3 is 0 Å². The molecule has 118 valence electrons. The van der Waals surface area contributed by atoms with Crippen LogP contribution in [0.5, 0.6) is 11.5 Å². The third kappa shape index (κ3) is 5.76. The number of benzene rings is 2. The van der Waals surface area contributed by atoms with Gasteiger partial charge in [0.2, 0.25) is 0 Å². The maximum absolute atomic E-state index is 9.90. The number of hydrogen-bond acceptors (Lipinski definition) is 4. The van der Waals surface area contributed by atoms with Crippen molar-refractivity contribution in [3.05, 3.63) is 60.2 Å². The zero-order valence-corrected chi connectivity index (χ0v) is 12.9. The lowest BCUT2D eigenvalue weighted by Crippen LogP contribution is -2.32. The Bertz CT molecular complexity index is 528. The largest absolute Gasteiger partial charge is 0.497 e. The highest BCUT2D eigenvalue weighted by Gasteiger charge is 2.05. The van der Waals surface area contributed by atoms with Crippen molar-refractivity contribution in [3.8, 4) is 11.5 Å². The van der Waals surface area contributed by atoms with Gasteiger partial charge in [-0.1, -0.05) is 30.3 Å². The molecule has 4 heteroatoms. The summed E-state index contributed by atoms with van der Waals surface area (Å²) in [7, 11) is 1.63. The highest BCUT2D eigenvalue weighted by Crippen LogP contribution is 2.16. The minimum absolute atomic E-state index is 0.269. The summed E-state index contributed by atoms with van der Waals surface area (Å²) in [6.07, 6.45) is 0.422. The summed E-state index contributed by atoms with van der Waals surface area (Å²) in [5.41, 5.74) is 1.29. The summed E-state index contributed by atoms with van der Waals surface area (Å²) in [6, 6.07) is 17.6. The quantitative estimate of drug-likeness (QED) is 0.698. The van der Waals surface area contributed by atoms with Gasteiger partial charge in [-0.3, -0.25) is 0 Å². The van der Waals surface area contributed by atoms with E-state index in [2.05, 4.69) is 17.4 Å². The second kappa shape index (κ2) is 9.07. The van der Waals surface area contributed by atoms with Gasteiger partial charge in [0, 0.05) is 6.54 Å². The number of ether oxygens (including phenoxy) is 2. The Kier molecular flexibility index (Phi) is 6.74. The summed E-state index contributed by atoms with van der Waals surface area (Å²) in [5.74, 6) is 1.51. The average Bonchev–Trinajstić information content (AvgIpc) is 2.58. The van der Waals surface area contributed by atoms with Crippen molar-refractivity contribution in [1.82, 2.24) is 5.32 Å². The van der Waals surface area contributed by atoms with Gasteiger partial charge in [0.05, 0.1) is 7.11 Å². The molecule has 0 heterocycles. The Hall–Kier alpha value is -2.04. The third-order valence-corrected chi connectivity index (χ3v) is 3.32. The maximum Gasteiger partial charge on any atom is 0.119 e. The van der Waals surface area contributed by atoms with Crippen LogP contribution in [0, 0.1) is 0 Å². The van der Waals surface area contributed by atoms with Crippen LogP contribution in [-0.4, -0.2) is 38.0 Å². The van der Waals surface area contributed by atoms with Crippen molar-refractivity contribution in [2.75, 3.05) is 26.8 Å². The summed E-state index contributed by atoms with van der Waals surface area (Å²) in [4.78, 5) is 0. The van der Waals surface area contributed by atoms with E-state index in [-0.39, 0.29) is 6.61 Å². The second-order valence-electron chi connectivity index (χ2n) is 5.08. The summed E-state index contributed by atoms with van der Waals surface area (Å²) < 4.78 is 10.6. The van der Waals surface area contributed by atoms with Gasteiger partial charge in [0.1, 0.15) is 24.2 Å². The predicted molar refractivity (Wildman–Crippen MR) is 87.5 cm³/mol. The molecule has 0 aliphatic rings. The fraction of sp³-hybridized carbons (Fsp3) is 0.333. The molecule has 1 unspecified atom stereocenters. The molecule has 0 bridgehead atoms. The molecule has 2 rings (SSSR count). The lowest BCUT2D eigenvalue weighted by molar-refractivity contribution is 0.106. The Morgan fingerprint density at radius 1 is 1.00 bits per heavy atom. The first-order valence-corrected chi connectivity index (χ1v) is 7.47. The molecule has 0 saturated heterocycles. The first kappa shape index (κ1) is 16.3. The molecule has 4 nitrogen and oxygen atoms in total. The Balaban J connectivity index is 1.60. The molecule has 0 radical (unpaired) electrons. The van der Waals surface area contributed by atoms with Crippen LogP contribution in [0.3, 0.4) is 0 Å². The molecule has 0 amide bonds. The van der Waals surface area contributed by atoms with Gasteiger partial charge in [-0.2, -0.15) is 0 Å². The zero-order valence-electron chi connectivity index (χ0n) is 12.9. The van der Waals surface area contributed by atoms with Gasteiger partial charge < -0.3 is 19.9 Å². The van der Waals surface area contributed by atoms with E-state index in [0.717, 1.165) is 24.5 Å². The normalized spacial score (nSPS) is 11.9. The second-order valence-corrected chi connectivity index (χ2v) is 5.08. The first-order chi connectivity index (χ1) is 10.8. The number of methoxy groups -OCH3 is 1. The van der Waals surface area contributed by atoms with Crippen LogP contribution >= 0.6 is 0 Å². The Morgan fingerprint density at radius 2 is 1.68 bits per heavy atom. The minimum atomic E-state index is -0.530. The summed E-state index contributed by atoms with van der Waals surface area (Å²) >= 11 is 0. The molecule has 0 aliphatic heterocycles. The van der Waals surface area contributed by atoms with Crippen LogP contribution in [0.4, 0.5) is 0 Å². The van der Waals surface area contributed by atoms with E-state index in [1.54, 1.807) is 7.11 Å². The van der Waals surface area contributed by atoms with Gasteiger partial charge in [-0.05, 0) is 42.8 Å². The molecule has 0 aliphatic carbocycles. The Morgan fingerprint density at radius 3 is 2.36 bits per heavy atom. The molecule has 22 heavy (non-hydrogen) atoms. The SMILES string of the molecule is COc1ccc(OCC(O)CNCCc2ccccc2)cc1.